The molecule has 0 aliphatic heterocycles. The van der Waals surface area contributed by atoms with Crippen LogP contribution in [0.5, 0.6) is 11.5 Å². The van der Waals surface area contributed by atoms with Crippen molar-refractivity contribution in [1.82, 2.24) is 9.55 Å². The van der Waals surface area contributed by atoms with Crippen LogP contribution >= 0.6 is 11.3 Å². The van der Waals surface area contributed by atoms with Crippen LogP contribution in [0.25, 0.3) is 48.8 Å². The van der Waals surface area contributed by atoms with Gasteiger partial charge >= 0.3 is 35.8 Å². The van der Waals surface area contributed by atoms with E-state index >= 15 is 0 Å². The number of nitrogens with zero attached hydrogens (tertiary/aromatic N) is 3. The third-order valence-corrected chi connectivity index (χ3v) is 14.5. The molecule has 2 fully saturated rings. The van der Waals surface area contributed by atoms with Crippen LogP contribution < -0.4 is 9.47 Å². The molecule has 384 valence electrons. The fourth-order valence-electron chi connectivity index (χ4n) is 9.34. The van der Waals surface area contributed by atoms with Gasteiger partial charge < -0.3 is 33.0 Å². The zero-order valence-electron chi connectivity index (χ0n) is 41.2. The fraction of sp³-hybridized carbons (Fsp3) is 0.345. The Balaban J connectivity index is 0.942. The lowest BCUT2D eigenvalue weighted by molar-refractivity contribution is -0.152. The third-order valence-electron chi connectivity index (χ3n) is 13.4. The van der Waals surface area contributed by atoms with Gasteiger partial charge in [0.2, 0.25) is 0 Å². The van der Waals surface area contributed by atoms with Crippen molar-refractivity contribution in [3.8, 4) is 22.1 Å². The largest absolute Gasteiger partial charge is 0.465 e. The van der Waals surface area contributed by atoms with E-state index in [0.29, 0.717) is 77.0 Å². The molecule has 0 bridgehead atoms. The summed E-state index contributed by atoms with van der Waals surface area (Å²) < 4.78 is 36.0. The summed E-state index contributed by atoms with van der Waals surface area (Å²) in [6.45, 7) is 11.7. The minimum atomic E-state index is -0.497. The highest BCUT2D eigenvalue weighted by Crippen LogP contribution is 2.39. The van der Waals surface area contributed by atoms with Crippen molar-refractivity contribution in [2.75, 3.05) is 26.4 Å². The zero-order valence-corrected chi connectivity index (χ0v) is 42.0. The molecule has 15 nitrogen and oxygen atoms in total. The molecule has 16 heteroatoms. The van der Waals surface area contributed by atoms with Gasteiger partial charge in [-0.1, -0.05) is 50.1 Å². The number of thiazole rings is 1. The zero-order chi connectivity index (χ0) is 52.0. The number of rotatable bonds is 22. The molecular weight excluding hydrogens is 963 g/mol. The fourth-order valence-corrected chi connectivity index (χ4v) is 10.3. The predicted octanol–water partition coefficient (Wildman–Crippen LogP) is 11.5. The number of ether oxygens (including phenoxy) is 6. The number of carbonyl (C=O) groups is 6. The summed E-state index contributed by atoms with van der Waals surface area (Å²) in [5.74, 6) is -3.69. The van der Waals surface area contributed by atoms with Gasteiger partial charge in [0.1, 0.15) is 16.4 Å². The summed E-state index contributed by atoms with van der Waals surface area (Å²) in [4.78, 5) is 85.1. The van der Waals surface area contributed by atoms with E-state index in [0.717, 1.165) is 60.3 Å². The molecule has 2 aromatic heterocycles. The number of para-hydroxylation sites is 1. The number of hydrogen-bond acceptors (Lipinski definition) is 15. The monoisotopic (exact) mass is 1020 g/mol. The van der Waals surface area contributed by atoms with Crippen molar-refractivity contribution in [3.05, 3.63) is 116 Å². The molecule has 2 heterocycles. The number of aliphatic imine (C=N–C) groups is 1. The van der Waals surface area contributed by atoms with Gasteiger partial charge in [0.15, 0.2) is 5.75 Å². The molecule has 0 atom stereocenters. The Morgan fingerprint density at radius 3 is 1.74 bits per heavy atom. The molecule has 8 rings (SSSR count). The molecule has 0 radical (unpaired) electrons. The molecule has 0 unspecified atom stereocenters. The van der Waals surface area contributed by atoms with E-state index in [2.05, 4.69) is 48.6 Å². The molecule has 0 spiro atoms. The Hall–Kier alpha value is -7.72. The summed E-state index contributed by atoms with van der Waals surface area (Å²) in [5, 5.41) is 2.92. The number of esters is 6. The van der Waals surface area contributed by atoms with Crippen LogP contribution in [0.1, 0.15) is 82.6 Å². The lowest BCUT2D eigenvalue weighted by Gasteiger charge is -2.26. The Kier molecular flexibility index (Phi) is 18.0. The highest BCUT2D eigenvalue weighted by atomic mass is 32.1. The van der Waals surface area contributed by atoms with E-state index < -0.39 is 35.7 Å². The molecular formula is C58H59N3O12S. The summed E-state index contributed by atoms with van der Waals surface area (Å²) in [6.07, 6.45) is 11.5. The van der Waals surface area contributed by atoms with Crippen molar-refractivity contribution >= 4 is 97.3 Å². The Morgan fingerprint density at radius 1 is 0.595 bits per heavy atom. The van der Waals surface area contributed by atoms with Crippen molar-refractivity contribution in [2.45, 2.75) is 77.0 Å². The van der Waals surface area contributed by atoms with Gasteiger partial charge in [0.05, 0.1) is 71.3 Å². The summed E-state index contributed by atoms with van der Waals surface area (Å²) in [7, 11) is 0. The first kappa shape index (κ1) is 52.6. The molecule has 74 heavy (non-hydrogen) atoms. The van der Waals surface area contributed by atoms with Gasteiger partial charge in [-0.3, -0.25) is 24.2 Å². The summed E-state index contributed by atoms with van der Waals surface area (Å²) >= 11 is 1.64. The first-order valence-corrected chi connectivity index (χ1v) is 25.9. The van der Waals surface area contributed by atoms with Crippen LogP contribution in [0.3, 0.4) is 0 Å². The van der Waals surface area contributed by atoms with E-state index in [4.69, 9.17) is 38.4 Å². The third kappa shape index (κ3) is 13.3. The summed E-state index contributed by atoms with van der Waals surface area (Å²) in [6, 6.07) is 25.1. The smallest absolute Gasteiger partial charge is 0.330 e. The highest BCUT2D eigenvalue weighted by Gasteiger charge is 2.34. The van der Waals surface area contributed by atoms with Gasteiger partial charge in [-0.15, -0.1) is 11.3 Å². The lowest BCUT2D eigenvalue weighted by atomic mass is 9.82. The Bertz CT molecular complexity index is 3070. The minimum absolute atomic E-state index is 0.176. The molecule has 0 N–H and O–H groups in total. The van der Waals surface area contributed by atoms with Crippen LogP contribution in [0.4, 0.5) is 5.69 Å². The number of carbonyl (C=O) groups excluding carboxylic acids is 6. The molecule has 2 aliphatic rings. The van der Waals surface area contributed by atoms with E-state index in [-0.39, 0.29) is 67.4 Å². The molecule has 2 saturated carbocycles. The lowest BCUT2D eigenvalue weighted by Crippen LogP contribution is -2.29. The van der Waals surface area contributed by atoms with Crippen molar-refractivity contribution < 1.29 is 57.2 Å². The Morgan fingerprint density at radius 2 is 1.16 bits per heavy atom. The van der Waals surface area contributed by atoms with Crippen LogP contribution in [-0.2, 0) is 47.7 Å². The molecule has 0 saturated heterocycles. The molecule has 4 aromatic carbocycles. The number of benzene rings is 4. The minimum Gasteiger partial charge on any atom is -0.465 e. The van der Waals surface area contributed by atoms with Gasteiger partial charge in [-0.25, -0.2) is 14.6 Å². The maximum Gasteiger partial charge on any atom is 0.330 e. The van der Waals surface area contributed by atoms with Crippen LogP contribution in [0.15, 0.2) is 116 Å². The average molecular weight is 1020 g/mol. The topological polar surface area (TPSA) is 188 Å². The quantitative estimate of drug-likeness (QED) is 0.0156. The van der Waals surface area contributed by atoms with Gasteiger partial charge in [0.25, 0.3) is 0 Å². The SMILES string of the molecule is C=CC(=O)OCCCCOC(=O)C1CCC(C(=O)Oc2ccc(OC(=O)C3CCC(C(=O)OCCCCOC(=O)C=C)CC3)c(N=Cc3ccc4c(c3)c3ccc(-c5nc6ccccc6s5)cc3n4C=C)c2)CC1. The number of fused-ring (bicyclic) bond motifs is 4. The highest BCUT2D eigenvalue weighted by molar-refractivity contribution is 7.21. The average Bonchev–Trinajstić information content (AvgIpc) is 4.01. The normalized spacial score (nSPS) is 17.6. The second-order valence-corrected chi connectivity index (χ2v) is 19.4. The van der Waals surface area contributed by atoms with Gasteiger partial charge in [-0.05, 0) is 125 Å². The second-order valence-electron chi connectivity index (χ2n) is 18.4. The van der Waals surface area contributed by atoms with Crippen LogP contribution in [-0.4, -0.2) is 78.0 Å². The first-order valence-electron chi connectivity index (χ1n) is 25.1. The second kappa shape index (κ2) is 25.3. The maximum absolute atomic E-state index is 13.8. The van der Waals surface area contributed by atoms with E-state index in [1.807, 2.05) is 36.4 Å². The Labute approximate surface area is 432 Å². The number of hydrogen-bond donors (Lipinski definition) is 0. The van der Waals surface area contributed by atoms with Crippen molar-refractivity contribution in [3.63, 3.8) is 0 Å². The van der Waals surface area contributed by atoms with Crippen molar-refractivity contribution in [2.24, 2.45) is 28.7 Å². The summed E-state index contributed by atoms with van der Waals surface area (Å²) in [5.41, 5.74) is 4.91. The molecule has 6 aromatic rings. The first-order chi connectivity index (χ1) is 36.0. The van der Waals surface area contributed by atoms with Crippen molar-refractivity contribution in [1.29, 1.82) is 0 Å². The van der Waals surface area contributed by atoms with Crippen LogP contribution in [0.2, 0.25) is 0 Å². The van der Waals surface area contributed by atoms with E-state index in [1.165, 1.54) is 0 Å². The van der Waals surface area contributed by atoms with Crippen LogP contribution in [0, 0.1) is 23.7 Å². The molecule has 0 amide bonds. The van der Waals surface area contributed by atoms with Gasteiger partial charge in [0, 0.05) is 47.0 Å². The maximum atomic E-state index is 13.8. The van der Waals surface area contributed by atoms with E-state index in [9.17, 15) is 28.8 Å². The number of unbranched alkanes of at least 4 members (excludes halogenated alkanes) is 2. The number of aromatic nitrogens is 2. The predicted molar refractivity (Wildman–Crippen MR) is 283 cm³/mol. The molecule has 2 aliphatic carbocycles. The van der Waals surface area contributed by atoms with Gasteiger partial charge in [-0.2, -0.15) is 0 Å². The van der Waals surface area contributed by atoms with E-state index in [1.54, 1.807) is 42.0 Å². The standard InChI is InChI=1S/C58H59N3O12S/c1-4-52(62)68-29-9-11-31-70-55(64)38-16-20-40(21-17-38)57(66)72-43-25-28-50(73-58(67)41-22-18-39(19-23-41)56(65)71-32-12-10-30-69-53(63)5-2)47(35-43)59-36-37-15-27-48-45(33-37)44-26-24-42(34-49(44)61(48)6-3)54-60-46-13-7-8-14-51(46)74-54/h4-8,13-15,24-28,33-36,38-41H,1-3,9-12,16-23,29-32H2.